The molecule has 0 unspecified atom stereocenters. The zero-order chi connectivity index (χ0) is 12.5. The van der Waals surface area contributed by atoms with E-state index in [0.29, 0.717) is 12.6 Å². The smallest absolute Gasteiger partial charge is 0.139 e. The summed E-state index contributed by atoms with van der Waals surface area (Å²) in [5.41, 5.74) is 1.97. The molecule has 0 bridgehead atoms. The molecule has 1 aliphatic rings. The second-order valence-corrected chi connectivity index (χ2v) is 4.82. The third-order valence-corrected chi connectivity index (χ3v) is 3.29. The third kappa shape index (κ3) is 2.29. The van der Waals surface area contributed by atoms with Crippen LogP contribution in [0.1, 0.15) is 18.4 Å². The van der Waals surface area contributed by atoms with Crippen LogP contribution in [0.4, 0.5) is 4.39 Å². The summed E-state index contributed by atoms with van der Waals surface area (Å²) in [7, 11) is 1.95. The van der Waals surface area contributed by atoms with Crippen LogP contribution in [0.3, 0.4) is 0 Å². The molecule has 18 heavy (non-hydrogen) atoms. The summed E-state index contributed by atoms with van der Waals surface area (Å²) in [6, 6.07) is 5.51. The lowest BCUT2D eigenvalue weighted by Gasteiger charge is -2.10. The molecule has 1 aromatic heterocycles. The Balaban J connectivity index is 1.94. The molecule has 2 aromatic rings. The van der Waals surface area contributed by atoms with Crippen LogP contribution in [0.2, 0.25) is 0 Å². The second-order valence-electron chi connectivity index (χ2n) is 4.82. The van der Waals surface area contributed by atoms with Crippen LogP contribution in [0.5, 0.6) is 0 Å². The number of halogens is 1. The highest BCUT2D eigenvalue weighted by Gasteiger charge is 2.21. The molecule has 1 fully saturated rings. The molecule has 0 spiro atoms. The van der Waals surface area contributed by atoms with Crippen LogP contribution in [-0.2, 0) is 13.6 Å². The fourth-order valence-electron chi connectivity index (χ4n) is 2.09. The number of hydrogen-bond donors (Lipinski definition) is 1. The summed E-state index contributed by atoms with van der Waals surface area (Å²) in [6.07, 6.45) is 6.12. The summed E-state index contributed by atoms with van der Waals surface area (Å²) in [4.78, 5) is 4.33. The standard InChI is InChI=1S/C14H16FN3/c1-18-7-6-16-14(18)13-5-2-11(15)8-10(13)9-17-12-3-4-12/h2,5-8,12,17H,3-4,9H2,1H3. The van der Waals surface area contributed by atoms with Gasteiger partial charge in [-0.25, -0.2) is 9.37 Å². The van der Waals surface area contributed by atoms with Crippen LogP contribution in [0.25, 0.3) is 11.4 Å². The molecule has 1 N–H and O–H groups in total. The highest BCUT2D eigenvalue weighted by atomic mass is 19.1. The van der Waals surface area contributed by atoms with Gasteiger partial charge in [0.15, 0.2) is 0 Å². The number of benzene rings is 1. The van der Waals surface area contributed by atoms with Gasteiger partial charge in [0.05, 0.1) is 0 Å². The van der Waals surface area contributed by atoms with E-state index in [0.717, 1.165) is 17.0 Å². The number of rotatable bonds is 4. The Morgan fingerprint density at radius 2 is 2.28 bits per heavy atom. The Morgan fingerprint density at radius 1 is 1.44 bits per heavy atom. The van der Waals surface area contributed by atoms with Crippen LogP contribution < -0.4 is 5.32 Å². The monoisotopic (exact) mass is 245 g/mol. The maximum Gasteiger partial charge on any atom is 0.139 e. The topological polar surface area (TPSA) is 29.9 Å². The van der Waals surface area contributed by atoms with Gasteiger partial charge in [0.1, 0.15) is 11.6 Å². The Morgan fingerprint density at radius 3 is 2.94 bits per heavy atom. The molecule has 0 radical (unpaired) electrons. The van der Waals surface area contributed by atoms with Crippen molar-refractivity contribution in [3.05, 3.63) is 42.0 Å². The molecule has 0 amide bonds. The summed E-state index contributed by atoms with van der Waals surface area (Å²) < 4.78 is 15.3. The van der Waals surface area contributed by atoms with Crippen LogP contribution in [0.15, 0.2) is 30.6 Å². The van der Waals surface area contributed by atoms with Gasteiger partial charge in [-0.05, 0) is 36.6 Å². The first kappa shape index (κ1) is 11.4. The Hall–Kier alpha value is -1.68. The van der Waals surface area contributed by atoms with E-state index in [9.17, 15) is 4.39 Å². The molecule has 1 saturated carbocycles. The molecule has 0 aliphatic heterocycles. The van der Waals surface area contributed by atoms with Crippen molar-refractivity contribution < 1.29 is 4.39 Å². The Kier molecular flexibility index (Phi) is 2.88. The molecule has 4 heteroatoms. The lowest BCUT2D eigenvalue weighted by molar-refractivity contribution is 0.620. The number of nitrogens with zero attached hydrogens (tertiary/aromatic N) is 2. The number of hydrogen-bond acceptors (Lipinski definition) is 2. The molecule has 0 saturated heterocycles. The van der Waals surface area contributed by atoms with Gasteiger partial charge in [-0.1, -0.05) is 0 Å². The van der Waals surface area contributed by atoms with Gasteiger partial charge in [0, 0.05) is 37.6 Å². The number of nitrogens with one attached hydrogen (secondary N) is 1. The quantitative estimate of drug-likeness (QED) is 0.896. The van der Waals surface area contributed by atoms with Crippen molar-refractivity contribution in [2.24, 2.45) is 7.05 Å². The molecule has 1 aliphatic carbocycles. The summed E-state index contributed by atoms with van der Waals surface area (Å²) >= 11 is 0. The van der Waals surface area contributed by atoms with Gasteiger partial charge in [-0.3, -0.25) is 0 Å². The second kappa shape index (κ2) is 4.53. The molecule has 3 nitrogen and oxygen atoms in total. The zero-order valence-electron chi connectivity index (χ0n) is 10.4. The van der Waals surface area contributed by atoms with Crippen molar-refractivity contribution in [1.29, 1.82) is 0 Å². The van der Waals surface area contributed by atoms with Gasteiger partial charge in [-0.2, -0.15) is 0 Å². The van der Waals surface area contributed by atoms with Crippen molar-refractivity contribution >= 4 is 0 Å². The zero-order valence-corrected chi connectivity index (χ0v) is 10.4. The van der Waals surface area contributed by atoms with Crippen LogP contribution >= 0.6 is 0 Å². The van der Waals surface area contributed by atoms with Gasteiger partial charge < -0.3 is 9.88 Å². The predicted octanol–water partition coefficient (Wildman–Crippen LogP) is 2.48. The van der Waals surface area contributed by atoms with E-state index in [1.807, 2.05) is 23.9 Å². The van der Waals surface area contributed by atoms with E-state index in [1.54, 1.807) is 12.3 Å². The Labute approximate surface area is 106 Å². The highest BCUT2D eigenvalue weighted by Crippen LogP contribution is 2.25. The Bertz CT molecular complexity index is 558. The minimum Gasteiger partial charge on any atom is -0.334 e. The lowest BCUT2D eigenvalue weighted by atomic mass is 10.1. The predicted molar refractivity (Wildman–Crippen MR) is 68.5 cm³/mol. The van der Waals surface area contributed by atoms with Crippen molar-refractivity contribution in [3.8, 4) is 11.4 Å². The SMILES string of the molecule is Cn1ccnc1-c1ccc(F)cc1CNC1CC1. The van der Waals surface area contributed by atoms with E-state index in [4.69, 9.17) is 0 Å². The number of aryl methyl sites for hydroxylation is 1. The van der Waals surface area contributed by atoms with Crippen molar-refractivity contribution in [2.75, 3.05) is 0 Å². The van der Waals surface area contributed by atoms with Crippen LogP contribution in [0, 0.1) is 5.82 Å². The van der Waals surface area contributed by atoms with Crippen molar-refractivity contribution in [2.45, 2.75) is 25.4 Å². The molecular formula is C14H16FN3. The highest BCUT2D eigenvalue weighted by molar-refractivity contribution is 5.60. The first-order valence-electron chi connectivity index (χ1n) is 6.23. The average Bonchev–Trinajstić information content (AvgIpc) is 3.09. The maximum atomic E-state index is 13.4. The van der Waals surface area contributed by atoms with E-state index < -0.39 is 0 Å². The first-order valence-corrected chi connectivity index (χ1v) is 6.23. The normalized spacial score (nSPS) is 15.0. The lowest BCUT2D eigenvalue weighted by Crippen LogP contribution is -2.16. The number of imidazole rings is 1. The van der Waals surface area contributed by atoms with E-state index in [2.05, 4.69) is 10.3 Å². The summed E-state index contributed by atoms with van der Waals surface area (Å²) in [5, 5.41) is 3.42. The van der Waals surface area contributed by atoms with E-state index >= 15 is 0 Å². The molecule has 3 rings (SSSR count). The molecule has 1 heterocycles. The van der Waals surface area contributed by atoms with E-state index in [1.165, 1.54) is 18.9 Å². The van der Waals surface area contributed by atoms with E-state index in [-0.39, 0.29) is 5.82 Å². The largest absolute Gasteiger partial charge is 0.334 e. The average molecular weight is 245 g/mol. The minimum absolute atomic E-state index is 0.194. The summed E-state index contributed by atoms with van der Waals surface area (Å²) in [5.74, 6) is 0.683. The number of aromatic nitrogens is 2. The van der Waals surface area contributed by atoms with Gasteiger partial charge >= 0.3 is 0 Å². The molecule has 0 atom stereocenters. The maximum absolute atomic E-state index is 13.4. The molecule has 94 valence electrons. The fourth-order valence-corrected chi connectivity index (χ4v) is 2.09. The summed E-state index contributed by atoms with van der Waals surface area (Å²) in [6.45, 7) is 0.699. The molecule has 1 aromatic carbocycles. The molecular weight excluding hydrogens is 229 g/mol. The van der Waals surface area contributed by atoms with Gasteiger partial charge in [-0.15, -0.1) is 0 Å². The van der Waals surface area contributed by atoms with Crippen molar-refractivity contribution in [3.63, 3.8) is 0 Å². The van der Waals surface area contributed by atoms with Crippen molar-refractivity contribution in [1.82, 2.24) is 14.9 Å². The fraction of sp³-hybridized carbons (Fsp3) is 0.357. The van der Waals surface area contributed by atoms with Gasteiger partial charge in [0.2, 0.25) is 0 Å². The minimum atomic E-state index is -0.194. The first-order chi connectivity index (χ1) is 8.74. The van der Waals surface area contributed by atoms with Crippen LogP contribution in [-0.4, -0.2) is 15.6 Å². The third-order valence-electron chi connectivity index (χ3n) is 3.29. The van der Waals surface area contributed by atoms with Gasteiger partial charge in [0.25, 0.3) is 0 Å².